The van der Waals surface area contributed by atoms with Crippen molar-refractivity contribution in [3.05, 3.63) is 0 Å². The van der Waals surface area contributed by atoms with Gasteiger partial charge < -0.3 is 10.5 Å². The van der Waals surface area contributed by atoms with Gasteiger partial charge in [0.05, 0.1) is 5.92 Å². The molecule has 0 bridgehead atoms. The van der Waals surface area contributed by atoms with Crippen molar-refractivity contribution in [1.29, 1.82) is 0 Å². The lowest BCUT2D eigenvalue weighted by Gasteiger charge is -2.14. The number of carbonyl (C=O) groups excluding carboxylic acids is 1. The lowest BCUT2D eigenvalue weighted by Crippen LogP contribution is -2.30. The van der Waals surface area contributed by atoms with E-state index in [2.05, 4.69) is 0 Å². The molecule has 0 amide bonds. The first-order valence-electron chi connectivity index (χ1n) is 4.71. The van der Waals surface area contributed by atoms with E-state index in [0.717, 1.165) is 12.8 Å². The van der Waals surface area contributed by atoms with Gasteiger partial charge in [-0.2, -0.15) is 0 Å². The summed E-state index contributed by atoms with van der Waals surface area (Å²) in [5.74, 6) is 2.09. The molecule has 4 fully saturated rings. The van der Waals surface area contributed by atoms with Gasteiger partial charge >= 0.3 is 5.97 Å². The van der Waals surface area contributed by atoms with Crippen LogP contribution in [0.5, 0.6) is 0 Å². The lowest BCUT2D eigenvalue weighted by atomic mass is 9.93. The summed E-state index contributed by atoms with van der Waals surface area (Å²) in [5.41, 5.74) is 6.27. The minimum absolute atomic E-state index is 0.0549. The fourth-order valence-corrected chi connectivity index (χ4v) is 4.12. The average Bonchev–Trinajstić information content (AvgIpc) is 2.39. The summed E-state index contributed by atoms with van der Waals surface area (Å²) in [6, 6.07) is 0. The van der Waals surface area contributed by atoms with Gasteiger partial charge in [0.1, 0.15) is 6.10 Å². The van der Waals surface area contributed by atoms with Crippen LogP contribution in [0, 0.1) is 23.7 Å². The van der Waals surface area contributed by atoms with E-state index < -0.39 is 0 Å². The first-order valence-corrected chi connectivity index (χ1v) is 4.71. The smallest absolute Gasteiger partial charge is 0.309 e. The third-order valence-electron chi connectivity index (χ3n) is 4.58. The number of rotatable bonds is 0. The quantitative estimate of drug-likeness (QED) is 0.510. The summed E-state index contributed by atoms with van der Waals surface area (Å²) < 4.78 is 5.28. The molecule has 0 aromatic heterocycles. The van der Waals surface area contributed by atoms with Crippen molar-refractivity contribution in [2.75, 3.05) is 0 Å². The summed E-state index contributed by atoms with van der Waals surface area (Å²) in [5, 5.41) is 0. The van der Waals surface area contributed by atoms with Crippen LogP contribution in [-0.2, 0) is 9.53 Å². The molecule has 1 saturated heterocycles. The second kappa shape index (κ2) is 1.33. The van der Waals surface area contributed by atoms with E-state index in [1.54, 1.807) is 0 Å². The van der Waals surface area contributed by atoms with Gasteiger partial charge in [-0.05, 0) is 18.3 Å². The van der Waals surface area contributed by atoms with Crippen molar-refractivity contribution in [3.8, 4) is 0 Å². The third-order valence-corrected chi connectivity index (χ3v) is 4.58. The molecule has 1 heterocycles. The molecule has 0 radical (unpaired) electrons. The molecule has 0 spiro atoms. The Labute approximate surface area is 70.3 Å². The minimum Gasteiger partial charge on any atom is -0.462 e. The standard InChI is InChI=1S/C9H11NO2/c10-9-2-5-6-3(8(11)12-5)1-4(9)7(6)9/h3-7H,1-2,10H2. The van der Waals surface area contributed by atoms with Crippen LogP contribution in [0.1, 0.15) is 12.8 Å². The largest absolute Gasteiger partial charge is 0.462 e. The zero-order valence-electron chi connectivity index (χ0n) is 6.69. The van der Waals surface area contributed by atoms with Crippen molar-refractivity contribution in [1.82, 2.24) is 0 Å². The van der Waals surface area contributed by atoms with Crippen LogP contribution >= 0.6 is 0 Å². The lowest BCUT2D eigenvalue weighted by molar-refractivity contribution is -0.145. The molecule has 3 heteroatoms. The van der Waals surface area contributed by atoms with Crippen LogP contribution in [0.15, 0.2) is 0 Å². The number of hydrogen-bond acceptors (Lipinski definition) is 3. The first kappa shape index (κ1) is 5.97. The van der Waals surface area contributed by atoms with Crippen LogP contribution in [0.25, 0.3) is 0 Å². The van der Waals surface area contributed by atoms with Crippen molar-refractivity contribution in [3.63, 3.8) is 0 Å². The molecule has 4 aliphatic rings. The van der Waals surface area contributed by atoms with E-state index in [9.17, 15) is 4.79 Å². The van der Waals surface area contributed by atoms with E-state index in [4.69, 9.17) is 10.5 Å². The predicted octanol–water partition coefficient (Wildman–Crippen LogP) is -0.105. The zero-order valence-corrected chi connectivity index (χ0v) is 6.69. The molecule has 1 aliphatic heterocycles. The number of nitrogens with two attached hydrogens (primary N) is 1. The molecule has 12 heavy (non-hydrogen) atoms. The normalized spacial score (nSPS) is 69.8. The molecular weight excluding hydrogens is 154 g/mol. The Morgan fingerprint density at radius 3 is 3.25 bits per heavy atom. The highest BCUT2D eigenvalue weighted by Gasteiger charge is 2.80. The SMILES string of the molecule is NC12CC3OC(=O)C4CC1C2C34. The van der Waals surface area contributed by atoms with E-state index in [1.165, 1.54) is 0 Å². The maximum Gasteiger partial charge on any atom is 0.309 e. The van der Waals surface area contributed by atoms with E-state index in [-0.39, 0.29) is 23.5 Å². The number of esters is 1. The fourth-order valence-electron chi connectivity index (χ4n) is 4.12. The Hall–Kier alpha value is -0.570. The molecule has 6 atom stereocenters. The van der Waals surface area contributed by atoms with Gasteiger partial charge in [-0.15, -0.1) is 0 Å². The topological polar surface area (TPSA) is 52.3 Å². The van der Waals surface area contributed by atoms with Crippen molar-refractivity contribution in [2.45, 2.75) is 24.5 Å². The molecule has 0 aromatic rings. The van der Waals surface area contributed by atoms with Gasteiger partial charge in [-0.25, -0.2) is 0 Å². The van der Waals surface area contributed by atoms with Gasteiger partial charge in [0, 0.05) is 17.9 Å². The summed E-state index contributed by atoms with van der Waals surface area (Å²) in [6.07, 6.45) is 2.15. The Balaban J connectivity index is 1.86. The first-order chi connectivity index (χ1) is 5.72. The van der Waals surface area contributed by atoms with Gasteiger partial charge in [0.15, 0.2) is 0 Å². The van der Waals surface area contributed by atoms with Crippen molar-refractivity contribution >= 4 is 5.97 Å². The van der Waals surface area contributed by atoms with E-state index in [0.29, 0.717) is 17.8 Å². The van der Waals surface area contributed by atoms with Crippen LogP contribution in [0.4, 0.5) is 0 Å². The van der Waals surface area contributed by atoms with Gasteiger partial charge in [-0.1, -0.05) is 0 Å². The molecule has 6 unspecified atom stereocenters. The van der Waals surface area contributed by atoms with E-state index in [1.807, 2.05) is 0 Å². The number of fused-ring (bicyclic) bond motifs is 1. The minimum atomic E-state index is 0.0549. The highest BCUT2D eigenvalue weighted by molar-refractivity contribution is 5.77. The maximum atomic E-state index is 11.3. The molecule has 0 aromatic carbocycles. The maximum absolute atomic E-state index is 11.3. The third kappa shape index (κ3) is 0.372. The summed E-state index contributed by atoms with van der Waals surface area (Å²) in [7, 11) is 0. The molecule has 3 aliphatic carbocycles. The van der Waals surface area contributed by atoms with Gasteiger partial charge in [0.2, 0.25) is 0 Å². The summed E-state index contributed by atoms with van der Waals surface area (Å²) in [6.45, 7) is 0. The molecule has 2 N–H and O–H groups in total. The summed E-state index contributed by atoms with van der Waals surface area (Å²) >= 11 is 0. The number of hydrogen-bond donors (Lipinski definition) is 1. The van der Waals surface area contributed by atoms with Crippen molar-refractivity contribution in [2.24, 2.45) is 29.4 Å². The molecular formula is C9H11NO2. The molecule has 4 rings (SSSR count). The van der Waals surface area contributed by atoms with Gasteiger partial charge in [-0.3, -0.25) is 4.79 Å². The Morgan fingerprint density at radius 2 is 2.42 bits per heavy atom. The second-order valence-electron chi connectivity index (χ2n) is 4.84. The molecule has 64 valence electrons. The van der Waals surface area contributed by atoms with Crippen LogP contribution in [0.2, 0.25) is 0 Å². The average molecular weight is 165 g/mol. The van der Waals surface area contributed by atoms with Gasteiger partial charge in [0.25, 0.3) is 0 Å². The zero-order chi connectivity index (χ0) is 8.09. The monoisotopic (exact) mass is 165 g/mol. The van der Waals surface area contributed by atoms with E-state index >= 15 is 0 Å². The Bertz CT molecular complexity index is 303. The van der Waals surface area contributed by atoms with Crippen LogP contribution in [-0.4, -0.2) is 17.6 Å². The van der Waals surface area contributed by atoms with Crippen molar-refractivity contribution < 1.29 is 9.53 Å². The second-order valence-corrected chi connectivity index (χ2v) is 4.84. The molecule has 3 saturated carbocycles. The fraction of sp³-hybridized carbons (Fsp3) is 0.889. The number of carbonyl (C=O) groups is 1. The highest BCUT2D eigenvalue weighted by Crippen LogP contribution is 2.74. The highest BCUT2D eigenvalue weighted by atomic mass is 16.6. The molecule has 3 nitrogen and oxygen atoms in total. The van der Waals surface area contributed by atoms with Crippen LogP contribution < -0.4 is 5.73 Å². The Kier molecular flexibility index (Phi) is 0.661. The Morgan fingerprint density at radius 1 is 1.58 bits per heavy atom. The van der Waals surface area contributed by atoms with Crippen LogP contribution in [0.3, 0.4) is 0 Å². The summed E-state index contributed by atoms with van der Waals surface area (Å²) in [4.78, 5) is 11.3. The number of ether oxygens (including phenoxy) is 1. The predicted molar refractivity (Wildman–Crippen MR) is 40.0 cm³/mol.